The summed E-state index contributed by atoms with van der Waals surface area (Å²) < 4.78 is 9.09. The predicted molar refractivity (Wildman–Crippen MR) is 102 cm³/mol. The van der Waals surface area contributed by atoms with Crippen LogP contribution in [0.3, 0.4) is 0 Å². The molecule has 0 aliphatic rings. The summed E-state index contributed by atoms with van der Waals surface area (Å²) in [7, 11) is 0. The Balaban J connectivity index is 0.000000597. The lowest BCUT2D eigenvalue weighted by Crippen LogP contribution is -2.50. The van der Waals surface area contributed by atoms with Gasteiger partial charge in [-0.1, -0.05) is 54.1 Å². The fourth-order valence-corrected chi connectivity index (χ4v) is 2.50. The first-order valence-corrected chi connectivity index (χ1v) is 10.4. The quantitative estimate of drug-likeness (QED) is 0.547. The van der Waals surface area contributed by atoms with Gasteiger partial charge in [0.15, 0.2) is 0 Å². The van der Waals surface area contributed by atoms with E-state index in [0.29, 0.717) is 11.4 Å². The summed E-state index contributed by atoms with van der Waals surface area (Å²) in [5.74, 6) is -1.35. The number of rotatable bonds is 5. The highest BCUT2D eigenvalue weighted by atomic mass is 35.7. The van der Waals surface area contributed by atoms with Crippen molar-refractivity contribution in [3.63, 3.8) is 0 Å². The van der Waals surface area contributed by atoms with Crippen LogP contribution < -0.4 is 5.73 Å². The van der Waals surface area contributed by atoms with Crippen LogP contribution in [0, 0.1) is 0 Å². The molecule has 6 nitrogen and oxygen atoms in total. The summed E-state index contributed by atoms with van der Waals surface area (Å²) in [4.78, 5) is 26.3. The molecule has 2 unspecified atom stereocenters. The van der Waals surface area contributed by atoms with Gasteiger partial charge in [-0.25, -0.2) is 4.57 Å². The lowest BCUT2D eigenvalue weighted by Gasteiger charge is -2.31. The van der Waals surface area contributed by atoms with E-state index in [2.05, 4.69) is 11.2 Å². The van der Waals surface area contributed by atoms with Crippen molar-refractivity contribution in [3.8, 4) is 0 Å². The summed E-state index contributed by atoms with van der Waals surface area (Å²) in [6, 6.07) is 16.9. The van der Waals surface area contributed by atoms with E-state index in [1.165, 1.54) is 0 Å². The highest BCUT2D eigenvalue weighted by molar-refractivity contribution is 7.79. The van der Waals surface area contributed by atoms with Gasteiger partial charge in [0.05, 0.1) is 0 Å². The molecule has 2 rings (SSSR count). The second kappa shape index (κ2) is 9.51. The zero-order valence-corrected chi connectivity index (χ0v) is 16.3. The minimum atomic E-state index is -4.17. The zero-order valence-electron chi connectivity index (χ0n) is 13.9. The molecule has 0 saturated carbocycles. The highest BCUT2D eigenvalue weighted by Gasteiger charge is 2.38. The van der Waals surface area contributed by atoms with Crippen LogP contribution in [-0.4, -0.2) is 26.4 Å². The standard InChI is InChI=1S/C17H18ClNO2.ClH2O3P/c1-17(19,16(20)21)15(11-12-5-3-2-4-6-12)13-7-9-14(18)10-8-13;1-5(2,3)4/h2-10,15H,11,19H2,1H3,(H,20,21);(H2,2,3,4). The normalized spacial score (nSPS) is 14.5. The Morgan fingerprint density at radius 2 is 1.62 bits per heavy atom. The van der Waals surface area contributed by atoms with Crippen molar-refractivity contribution in [3.05, 3.63) is 70.7 Å². The molecule has 0 saturated heterocycles. The zero-order chi connectivity index (χ0) is 20.0. The van der Waals surface area contributed by atoms with E-state index in [-0.39, 0.29) is 5.92 Å². The lowest BCUT2D eigenvalue weighted by molar-refractivity contribution is -0.143. The van der Waals surface area contributed by atoms with Gasteiger partial charge in [-0.05, 0) is 36.6 Å². The molecule has 26 heavy (non-hydrogen) atoms. The molecule has 2 atom stereocenters. The topological polar surface area (TPSA) is 121 Å². The van der Waals surface area contributed by atoms with E-state index in [4.69, 9.17) is 31.7 Å². The average Bonchev–Trinajstić information content (AvgIpc) is 2.53. The molecule has 2 aromatic rings. The molecule has 0 aromatic heterocycles. The van der Waals surface area contributed by atoms with Crippen LogP contribution in [0.2, 0.25) is 5.02 Å². The monoisotopic (exact) mass is 419 g/mol. The van der Waals surface area contributed by atoms with Gasteiger partial charge in [-0.2, -0.15) is 0 Å². The number of nitrogens with two attached hydrogens (primary N) is 1. The molecule has 142 valence electrons. The van der Waals surface area contributed by atoms with Crippen LogP contribution in [0.25, 0.3) is 0 Å². The number of carbonyl (C=O) groups is 1. The third kappa shape index (κ3) is 7.87. The third-order valence-electron chi connectivity index (χ3n) is 3.74. The van der Waals surface area contributed by atoms with Crippen LogP contribution in [0.1, 0.15) is 24.0 Å². The van der Waals surface area contributed by atoms with Crippen LogP contribution in [0.5, 0.6) is 0 Å². The molecule has 0 amide bonds. The number of hydrogen-bond donors (Lipinski definition) is 4. The molecular weight excluding hydrogens is 400 g/mol. The van der Waals surface area contributed by atoms with Crippen molar-refractivity contribution < 1.29 is 24.3 Å². The number of carboxylic acids is 1. The second-order valence-electron chi connectivity index (χ2n) is 5.85. The summed E-state index contributed by atoms with van der Waals surface area (Å²) in [6.45, 7) is -2.61. The van der Waals surface area contributed by atoms with Crippen molar-refractivity contribution in [2.75, 3.05) is 0 Å². The van der Waals surface area contributed by atoms with Gasteiger partial charge in [-0.3, -0.25) is 4.79 Å². The smallest absolute Gasteiger partial charge is 0.419 e. The summed E-state index contributed by atoms with van der Waals surface area (Å²) in [5.41, 5.74) is 6.65. The van der Waals surface area contributed by atoms with Crippen molar-refractivity contribution in [2.45, 2.75) is 24.8 Å². The summed E-state index contributed by atoms with van der Waals surface area (Å²) in [6.07, 6.45) is 0.557. The first kappa shape index (κ1) is 22.6. The molecule has 0 spiro atoms. The molecule has 0 fully saturated rings. The molecule has 0 aliphatic carbocycles. The number of aliphatic carboxylic acids is 1. The molecular formula is C17H20Cl2NO5P. The van der Waals surface area contributed by atoms with Gasteiger partial charge in [0, 0.05) is 22.2 Å². The molecule has 0 bridgehead atoms. The van der Waals surface area contributed by atoms with Gasteiger partial charge < -0.3 is 20.6 Å². The number of carboxylic acid groups (broad SMARTS) is 1. The summed E-state index contributed by atoms with van der Waals surface area (Å²) >= 11 is 10.1. The van der Waals surface area contributed by atoms with Gasteiger partial charge in [0.2, 0.25) is 0 Å². The highest BCUT2D eigenvalue weighted by Crippen LogP contribution is 2.39. The van der Waals surface area contributed by atoms with Crippen LogP contribution >= 0.6 is 29.8 Å². The van der Waals surface area contributed by atoms with Gasteiger partial charge in [0.1, 0.15) is 5.54 Å². The van der Waals surface area contributed by atoms with Crippen LogP contribution in [0.4, 0.5) is 0 Å². The lowest BCUT2D eigenvalue weighted by atomic mass is 9.77. The molecule has 0 heterocycles. The van der Waals surface area contributed by atoms with Crippen LogP contribution in [-0.2, 0) is 15.8 Å². The first-order chi connectivity index (χ1) is 11.9. The molecule has 0 radical (unpaired) electrons. The maximum atomic E-state index is 11.5. The predicted octanol–water partition coefficient (Wildman–Crippen LogP) is 3.79. The number of halogens is 2. The van der Waals surface area contributed by atoms with Crippen molar-refractivity contribution >= 4 is 35.8 Å². The Morgan fingerprint density at radius 3 is 2.04 bits per heavy atom. The fourth-order valence-electron chi connectivity index (χ4n) is 2.37. The Morgan fingerprint density at radius 1 is 1.15 bits per heavy atom. The fraction of sp³-hybridized carbons (Fsp3) is 0.235. The van der Waals surface area contributed by atoms with E-state index in [1.54, 1.807) is 19.1 Å². The van der Waals surface area contributed by atoms with Gasteiger partial charge in [0.25, 0.3) is 0 Å². The Kier molecular flexibility index (Phi) is 8.28. The van der Waals surface area contributed by atoms with Gasteiger partial charge >= 0.3 is 12.9 Å². The van der Waals surface area contributed by atoms with Crippen molar-refractivity contribution in [2.24, 2.45) is 5.73 Å². The Hall–Kier alpha value is -1.40. The maximum Gasteiger partial charge on any atom is 0.419 e. The molecule has 0 aliphatic heterocycles. The second-order valence-corrected chi connectivity index (χ2v) is 8.56. The average molecular weight is 420 g/mol. The largest absolute Gasteiger partial charge is 0.480 e. The van der Waals surface area contributed by atoms with Crippen LogP contribution in [0.15, 0.2) is 54.6 Å². The summed E-state index contributed by atoms with van der Waals surface area (Å²) in [5, 5.41) is 10.1. The van der Waals surface area contributed by atoms with E-state index < -0.39 is 18.5 Å². The van der Waals surface area contributed by atoms with Gasteiger partial charge in [-0.15, -0.1) is 0 Å². The van der Waals surface area contributed by atoms with E-state index in [9.17, 15) is 9.90 Å². The number of benzene rings is 2. The van der Waals surface area contributed by atoms with Crippen molar-refractivity contribution in [1.29, 1.82) is 0 Å². The third-order valence-corrected chi connectivity index (χ3v) is 3.99. The first-order valence-electron chi connectivity index (χ1n) is 7.48. The molecule has 2 aromatic carbocycles. The maximum absolute atomic E-state index is 11.5. The minimum Gasteiger partial charge on any atom is -0.480 e. The van der Waals surface area contributed by atoms with E-state index in [0.717, 1.165) is 11.1 Å². The molecule has 5 N–H and O–H groups in total. The SMILES string of the molecule is CC(N)(C(=O)O)C(Cc1ccccc1)c1ccc(Cl)cc1.O=P(O)(O)Cl. The van der Waals surface area contributed by atoms with E-state index in [1.807, 2.05) is 42.5 Å². The number of hydrogen-bond acceptors (Lipinski definition) is 3. The minimum absolute atomic E-state index is 0.338. The Labute approximate surface area is 161 Å². The van der Waals surface area contributed by atoms with E-state index >= 15 is 0 Å². The Bertz CT molecular complexity index is 754. The van der Waals surface area contributed by atoms with Crippen molar-refractivity contribution in [1.82, 2.24) is 0 Å². The molecule has 9 heteroatoms.